The van der Waals surface area contributed by atoms with Crippen molar-refractivity contribution in [2.45, 2.75) is 40.6 Å². The SMILES string of the molecule is Cc1cc2c(cc1C)SC(CCO)(CCO)S2. The minimum Gasteiger partial charge on any atom is -0.396 e. The van der Waals surface area contributed by atoms with Gasteiger partial charge in [0.2, 0.25) is 0 Å². The molecule has 1 aliphatic rings. The molecular weight excluding hydrogens is 252 g/mol. The van der Waals surface area contributed by atoms with Gasteiger partial charge in [0.15, 0.2) is 0 Å². The summed E-state index contributed by atoms with van der Waals surface area (Å²) in [6.45, 7) is 4.59. The Hall–Kier alpha value is -0.160. The molecule has 0 saturated heterocycles. The first kappa shape index (κ1) is 13.3. The number of thioether (sulfide) groups is 2. The van der Waals surface area contributed by atoms with E-state index < -0.39 is 0 Å². The van der Waals surface area contributed by atoms with Crippen LogP contribution < -0.4 is 0 Å². The molecule has 2 nitrogen and oxygen atoms in total. The molecule has 1 aromatic carbocycles. The monoisotopic (exact) mass is 270 g/mol. The zero-order valence-corrected chi connectivity index (χ0v) is 11.8. The number of hydrogen-bond donors (Lipinski definition) is 2. The molecule has 0 bridgehead atoms. The highest BCUT2D eigenvalue weighted by molar-refractivity contribution is 8.20. The maximum atomic E-state index is 9.20. The number of aryl methyl sites for hydroxylation is 2. The predicted molar refractivity (Wildman–Crippen MR) is 73.8 cm³/mol. The molecule has 17 heavy (non-hydrogen) atoms. The summed E-state index contributed by atoms with van der Waals surface area (Å²) in [5.41, 5.74) is 2.61. The van der Waals surface area contributed by atoms with E-state index in [4.69, 9.17) is 0 Å². The second-order valence-electron chi connectivity index (χ2n) is 4.45. The molecule has 0 saturated carbocycles. The van der Waals surface area contributed by atoms with Crippen LogP contribution in [0.5, 0.6) is 0 Å². The zero-order chi connectivity index (χ0) is 12.5. The Morgan fingerprint density at radius 1 is 0.941 bits per heavy atom. The second-order valence-corrected chi connectivity index (χ2v) is 7.55. The molecule has 2 rings (SSSR count). The number of rotatable bonds is 4. The Morgan fingerprint density at radius 2 is 1.35 bits per heavy atom. The zero-order valence-electron chi connectivity index (χ0n) is 10.2. The molecule has 0 fully saturated rings. The molecule has 0 spiro atoms. The smallest absolute Gasteiger partial charge is 0.0749 e. The highest BCUT2D eigenvalue weighted by atomic mass is 32.2. The van der Waals surface area contributed by atoms with Crippen LogP contribution in [0.4, 0.5) is 0 Å². The van der Waals surface area contributed by atoms with Gasteiger partial charge in [0, 0.05) is 23.0 Å². The molecule has 1 heterocycles. The van der Waals surface area contributed by atoms with Crippen molar-refractivity contribution < 1.29 is 10.2 Å². The lowest BCUT2D eigenvalue weighted by Gasteiger charge is -2.25. The Bertz CT molecular complexity index is 379. The summed E-state index contributed by atoms with van der Waals surface area (Å²) in [6.07, 6.45) is 1.44. The molecule has 4 heteroatoms. The van der Waals surface area contributed by atoms with E-state index in [1.54, 1.807) is 23.5 Å². The normalized spacial score (nSPS) is 17.2. The molecule has 0 amide bonds. The van der Waals surface area contributed by atoms with Crippen LogP contribution in [-0.4, -0.2) is 27.5 Å². The van der Waals surface area contributed by atoms with Gasteiger partial charge in [0.05, 0.1) is 4.08 Å². The minimum atomic E-state index is -0.0773. The maximum Gasteiger partial charge on any atom is 0.0749 e. The Balaban J connectivity index is 2.29. The summed E-state index contributed by atoms with van der Waals surface area (Å²) in [5.74, 6) is 0. The van der Waals surface area contributed by atoms with E-state index in [0.717, 1.165) is 12.8 Å². The van der Waals surface area contributed by atoms with Gasteiger partial charge in [0.1, 0.15) is 0 Å². The van der Waals surface area contributed by atoms with E-state index in [1.165, 1.54) is 20.9 Å². The Kier molecular flexibility index (Phi) is 4.08. The highest BCUT2D eigenvalue weighted by Gasteiger charge is 2.38. The molecule has 94 valence electrons. The van der Waals surface area contributed by atoms with Crippen molar-refractivity contribution in [3.63, 3.8) is 0 Å². The summed E-state index contributed by atoms with van der Waals surface area (Å²) in [5, 5.41) is 18.4. The van der Waals surface area contributed by atoms with Crippen LogP contribution >= 0.6 is 23.5 Å². The summed E-state index contributed by atoms with van der Waals surface area (Å²) in [4.78, 5) is 2.58. The summed E-state index contributed by atoms with van der Waals surface area (Å²) < 4.78 is -0.0773. The number of hydrogen-bond acceptors (Lipinski definition) is 4. The van der Waals surface area contributed by atoms with Gasteiger partial charge >= 0.3 is 0 Å². The molecule has 0 atom stereocenters. The van der Waals surface area contributed by atoms with Crippen molar-refractivity contribution in [2.75, 3.05) is 13.2 Å². The van der Waals surface area contributed by atoms with E-state index in [-0.39, 0.29) is 17.3 Å². The second kappa shape index (κ2) is 5.22. The Morgan fingerprint density at radius 3 is 1.71 bits per heavy atom. The van der Waals surface area contributed by atoms with Crippen LogP contribution in [0.2, 0.25) is 0 Å². The predicted octanol–water partition coefficient (Wildman–Crippen LogP) is 2.96. The summed E-state index contributed by atoms with van der Waals surface area (Å²) >= 11 is 3.60. The molecule has 0 unspecified atom stereocenters. The summed E-state index contributed by atoms with van der Waals surface area (Å²) in [6, 6.07) is 4.44. The van der Waals surface area contributed by atoms with E-state index in [2.05, 4.69) is 26.0 Å². The van der Waals surface area contributed by atoms with Crippen LogP contribution in [-0.2, 0) is 0 Å². The largest absolute Gasteiger partial charge is 0.396 e. The van der Waals surface area contributed by atoms with Gasteiger partial charge in [-0.05, 0) is 49.9 Å². The molecular formula is C13H18O2S2. The third kappa shape index (κ3) is 2.65. The fraction of sp³-hybridized carbons (Fsp3) is 0.538. The van der Waals surface area contributed by atoms with Crippen LogP contribution in [0.25, 0.3) is 0 Å². The fourth-order valence-corrected chi connectivity index (χ4v) is 5.33. The van der Waals surface area contributed by atoms with Crippen molar-refractivity contribution in [3.05, 3.63) is 23.3 Å². The molecule has 1 aromatic rings. The lowest BCUT2D eigenvalue weighted by molar-refractivity contribution is 0.254. The van der Waals surface area contributed by atoms with Crippen LogP contribution in [0, 0.1) is 13.8 Å². The van der Waals surface area contributed by atoms with Crippen molar-refractivity contribution in [3.8, 4) is 0 Å². The lowest BCUT2D eigenvalue weighted by atomic mass is 10.1. The molecule has 0 aromatic heterocycles. The first-order valence-electron chi connectivity index (χ1n) is 5.81. The minimum absolute atomic E-state index is 0.0773. The van der Waals surface area contributed by atoms with Crippen LogP contribution in [0.15, 0.2) is 21.9 Å². The third-order valence-corrected chi connectivity index (χ3v) is 6.44. The van der Waals surface area contributed by atoms with E-state index in [0.29, 0.717) is 0 Å². The highest BCUT2D eigenvalue weighted by Crippen LogP contribution is 2.59. The number of benzene rings is 1. The average Bonchev–Trinajstić information content (AvgIpc) is 2.57. The number of aliphatic hydroxyl groups is 2. The molecule has 0 radical (unpaired) electrons. The average molecular weight is 270 g/mol. The van der Waals surface area contributed by atoms with Crippen LogP contribution in [0.1, 0.15) is 24.0 Å². The van der Waals surface area contributed by atoms with Crippen molar-refractivity contribution in [1.82, 2.24) is 0 Å². The van der Waals surface area contributed by atoms with E-state index >= 15 is 0 Å². The van der Waals surface area contributed by atoms with E-state index in [9.17, 15) is 10.2 Å². The quantitative estimate of drug-likeness (QED) is 0.882. The van der Waals surface area contributed by atoms with Gasteiger partial charge in [-0.15, -0.1) is 23.5 Å². The standard InChI is InChI=1S/C13H18O2S2/c1-9-7-11-12(8-10(9)2)17-13(16-11,3-5-14)4-6-15/h7-8,14-15H,3-6H2,1-2H3. The maximum absolute atomic E-state index is 9.20. The van der Waals surface area contributed by atoms with Gasteiger partial charge in [-0.2, -0.15) is 0 Å². The van der Waals surface area contributed by atoms with Gasteiger partial charge in [-0.25, -0.2) is 0 Å². The van der Waals surface area contributed by atoms with Crippen LogP contribution in [0.3, 0.4) is 0 Å². The topological polar surface area (TPSA) is 40.5 Å². The summed E-state index contributed by atoms with van der Waals surface area (Å²) in [7, 11) is 0. The van der Waals surface area contributed by atoms with Crippen molar-refractivity contribution in [1.29, 1.82) is 0 Å². The Labute approximate surface area is 111 Å². The molecule has 0 aliphatic carbocycles. The lowest BCUT2D eigenvalue weighted by Crippen LogP contribution is -2.20. The van der Waals surface area contributed by atoms with Crippen molar-refractivity contribution in [2.24, 2.45) is 0 Å². The van der Waals surface area contributed by atoms with Gasteiger partial charge in [-0.1, -0.05) is 0 Å². The van der Waals surface area contributed by atoms with E-state index in [1.807, 2.05) is 0 Å². The van der Waals surface area contributed by atoms with Gasteiger partial charge < -0.3 is 10.2 Å². The molecule has 1 aliphatic heterocycles. The molecule has 2 N–H and O–H groups in total. The third-order valence-electron chi connectivity index (χ3n) is 3.14. The van der Waals surface area contributed by atoms with Crippen molar-refractivity contribution >= 4 is 23.5 Å². The first-order valence-corrected chi connectivity index (χ1v) is 7.44. The first-order chi connectivity index (χ1) is 8.10. The van der Waals surface area contributed by atoms with Gasteiger partial charge in [0.25, 0.3) is 0 Å². The van der Waals surface area contributed by atoms with Gasteiger partial charge in [-0.3, -0.25) is 0 Å². The number of fused-ring (bicyclic) bond motifs is 1. The number of aliphatic hydroxyl groups excluding tert-OH is 2. The fourth-order valence-electron chi connectivity index (χ4n) is 2.01.